The second-order valence-electron chi connectivity index (χ2n) is 5.33. The Kier molecular flexibility index (Phi) is 5.51. The summed E-state index contributed by atoms with van der Waals surface area (Å²) in [6, 6.07) is 7.97. The zero-order valence-electron chi connectivity index (χ0n) is 12.1. The third-order valence-electron chi connectivity index (χ3n) is 3.16. The third-order valence-corrected chi connectivity index (χ3v) is 3.16. The largest absolute Gasteiger partial charge is 0.469 e. The summed E-state index contributed by atoms with van der Waals surface area (Å²) in [5.41, 5.74) is 7.80. The minimum Gasteiger partial charge on any atom is -0.469 e. The van der Waals surface area contributed by atoms with Gasteiger partial charge in [0.2, 0.25) is 0 Å². The zero-order chi connectivity index (χ0) is 14.5. The molecule has 0 aliphatic heterocycles. The maximum Gasteiger partial charge on any atom is 0.306 e. The average Bonchev–Trinajstić information content (AvgIpc) is 2.35. The molecule has 4 nitrogen and oxygen atoms in total. The number of esters is 1. The minimum absolute atomic E-state index is 0.0863. The zero-order valence-corrected chi connectivity index (χ0v) is 12.1. The van der Waals surface area contributed by atoms with Gasteiger partial charge in [0.05, 0.1) is 20.1 Å². The van der Waals surface area contributed by atoms with Crippen LogP contribution in [0.5, 0.6) is 0 Å². The molecule has 106 valence electrons. The van der Waals surface area contributed by atoms with Crippen LogP contribution in [0.25, 0.3) is 0 Å². The van der Waals surface area contributed by atoms with Gasteiger partial charge < -0.3 is 15.2 Å². The van der Waals surface area contributed by atoms with Crippen LogP contribution in [0.4, 0.5) is 0 Å². The van der Waals surface area contributed by atoms with Crippen LogP contribution >= 0.6 is 0 Å². The summed E-state index contributed by atoms with van der Waals surface area (Å²) in [5.74, 6) is -0.336. The Bertz CT molecular complexity index is 424. The number of ether oxygens (including phenoxy) is 2. The van der Waals surface area contributed by atoms with E-state index >= 15 is 0 Å². The highest BCUT2D eigenvalue weighted by Crippen LogP contribution is 2.30. The van der Waals surface area contributed by atoms with Crippen molar-refractivity contribution in [1.29, 1.82) is 0 Å². The number of hydrogen-bond donors (Lipinski definition) is 1. The molecule has 0 saturated heterocycles. The molecule has 1 aromatic rings. The molecule has 0 fully saturated rings. The first-order chi connectivity index (χ1) is 8.88. The predicted molar refractivity (Wildman–Crippen MR) is 74.8 cm³/mol. The molecule has 0 aromatic heterocycles. The van der Waals surface area contributed by atoms with E-state index in [-0.39, 0.29) is 18.3 Å². The molecule has 0 bridgehead atoms. The topological polar surface area (TPSA) is 61.5 Å². The third kappa shape index (κ3) is 4.65. The number of benzene rings is 1. The molecule has 0 saturated carbocycles. The summed E-state index contributed by atoms with van der Waals surface area (Å²) in [6.45, 7) is 4.39. The van der Waals surface area contributed by atoms with E-state index in [2.05, 4.69) is 0 Å². The second-order valence-corrected chi connectivity index (χ2v) is 5.33. The first kappa shape index (κ1) is 15.7. The summed E-state index contributed by atoms with van der Waals surface area (Å²) in [5, 5.41) is 0. The van der Waals surface area contributed by atoms with Gasteiger partial charge in [0.25, 0.3) is 0 Å². The number of hydrogen-bond acceptors (Lipinski definition) is 4. The fourth-order valence-corrected chi connectivity index (χ4v) is 2.13. The van der Waals surface area contributed by atoms with Gasteiger partial charge in [-0.05, 0) is 25.0 Å². The molecule has 4 heteroatoms. The Morgan fingerprint density at radius 3 is 2.58 bits per heavy atom. The van der Waals surface area contributed by atoms with Gasteiger partial charge in [-0.25, -0.2) is 0 Å². The lowest BCUT2D eigenvalue weighted by atomic mass is 9.80. The maximum atomic E-state index is 11.6. The summed E-state index contributed by atoms with van der Waals surface area (Å²) >= 11 is 0. The molecule has 1 unspecified atom stereocenters. The molecule has 2 N–H and O–H groups in total. The lowest BCUT2D eigenvalue weighted by Gasteiger charge is -2.30. The van der Waals surface area contributed by atoms with Gasteiger partial charge in [0.15, 0.2) is 0 Å². The lowest BCUT2D eigenvalue weighted by Crippen LogP contribution is -2.40. The smallest absolute Gasteiger partial charge is 0.306 e. The number of carbonyl (C=O) groups excluding carboxylic acids is 1. The molecular weight excluding hydrogens is 242 g/mol. The Balaban J connectivity index is 3.03. The van der Waals surface area contributed by atoms with Crippen molar-refractivity contribution in [2.24, 2.45) is 5.73 Å². The van der Waals surface area contributed by atoms with E-state index in [1.807, 2.05) is 38.1 Å². The summed E-state index contributed by atoms with van der Waals surface area (Å²) in [6.07, 6.45) is 0.274. The Morgan fingerprint density at radius 2 is 2.05 bits per heavy atom. The van der Waals surface area contributed by atoms with Gasteiger partial charge in [0, 0.05) is 18.6 Å². The highest BCUT2D eigenvalue weighted by molar-refractivity contribution is 5.70. The minimum atomic E-state index is -0.500. The highest BCUT2D eigenvalue weighted by Gasteiger charge is 2.29. The molecule has 0 amide bonds. The number of carbonyl (C=O) groups is 1. The number of methoxy groups -OCH3 is 2. The van der Waals surface area contributed by atoms with Crippen molar-refractivity contribution in [1.82, 2.24) is 0 Å². The number of nitrogens with two attached hydrogens (primary N) is 1. The molecule has 1 atom stereocenters. The van der Waals surface area contributed by atoms with E-state index in [4.69, 9.17) is 15.2 Å². The monoisotopic (exact) mass is 265 g/mol. The second kappa shape index (κ2) is 6.68. The first-order valence-corrected chi connectivity index (χ1v) is 6.32. The van der Waals surface area contributed by atoms with Crippen molar-refractivity contribution in [3.05, 3.63) is 35.4 Å². The Labute approximate surface area is 114 Å². The van der Waals surface area contributed by atoms with Gasteiger partial charge >= 0.3 is 5.97 Å². The van der Waals surface area contributed by atoms with E-state index in [9.17, 15) is 4.79 Å². The molecule has 0 aliphatic rings. The Hall–Kier alpha value is -1.39. The fraction of sp³-hybridized carbons (Fsp3) is 0.533. The Morgan fingerprint density at radius 1 is 1.37 bits per heavy atom. The quantitative estimate of drug-likeness (QED) is 0.801. The van der Waals surface area contributed by atoms with Gasteiger partial charge in [-0.2, -0.15) is 0 Å². The molecule has 0 heterocycles. The molecule has 0 spiro atoms. The van der Waals surface area contributed by atoms with Gasteiger partial charge in [-0.1, -0.05) is 24.3 Å². The standard InChI is InChI=1S/C15H23NO3/c1-15(2,16)13(9-14(17)19-4)12-7-5-6-11(8-12)10-18-3/h5-8,13H,9-10,16H2,1-4H3. The molecule has 1 aromatic carbocycles. The highest BCUT2D eigenvalue weighted by atomic mass is 16.5. The molecular formula is C15H23NO3. The number of rotatable bonds is 6. The van der Waals surface area contributed by atoms with Crippen molar-refractivity contribution in [3.63, 3.8) is 0 Å². The summed E-state index contributed by atoms with van der Waals surface area (Å²) in [4.78, 5) is 11.6. The predicted octanol–water partition coefficient (Wildman–Crippen LogP) is 2.22. The molecule has 1 rings (SSSR count). The normalized spacial score (nSPS) is 13.1. The van der Waals surface area contributed by atoms with Crippen LogP contribution in [0.15, 0.2) is 24.3 Å². The van der Waals surface area contributed by atoms with Gasteiger partial charge in [-0.15, -0.1) is 0 Å². The van der Waals surface area contributed by atoms with Crippen molar-refractivity contribution in [2.75, 3.05) is 14.2 Å². The maximum absolute atomic E-state index is 11.6. The van der Waals surface area contributed by atoms with Crippen molar-refractivity contribution in [2.45, 2.75) is 38.3 Å². The SMILES string of the molecule is COCc1cccc(C(CC(=O)OC)C(C)(C)N)c1. The van der Waals surface area contributed by atoms with Crippen LogP contribution < -0.4 is 5.73 Å². The molecule has 19 heavy (non-hydrogen) atoms. The van der Waals surface area contributed by atoms with Crippen molar-refractivity contribution in [3.8, 4) is 0 Å². The average molecular weight is 265 g/mol. The van der Waals surface area contributed by atoms with E-state index in [0.717, 1.165) is 11.1 Å². The van der Waals surface area contributed by atoms with Crippen molar-refractivity contribution >= 4 is 5.97 Å². The van der Waals surface area contributed by atoms with Crippen LogP contribution in [0, 0.1) is 0 Å². The van der Waals surface area contributed by atoms with Crippen molar-refractivity contribution < 1.29 is 14.3 Å². The van der Waals surface area contributed by atoms with Crippen LogP contribution in [-0.4, -0.2) is 25.7 Å². The van der Waals surface area contributed by atoms with Crippen LogP contribution in [0.3, 0.4) is 0 Å². The van der Waals surface area contributed by atoms with Crippen LogP contribution in [0.2, 0.25) is 0 Å². The summed E-state index contributed by atoms with van der Waals surface area (Å²) < 4.78 is 9.88. The lowest BCUT2D eigenvalue weighted by molar-refractivity contribution is -0.141. The van der Waals surface area contributed by atoms with E-state index in [0.29, 0.717) is 6.61 Å². The molecule has 0 radical (unpaired) electrons. The van der Waals surface area contributed by atoms with E-state index in [1.165, 1.54) is 7.11 Å². The van der Waals surface area contributed by atoms with Gasteiger partial charge in [0.1, 0.15) is 0 Å². The van der Waals surface area contributed by atoms with E-state index < -0.39 is 5.54 Å². The molecule has 0 aliphatic carbocycles. The first-order valence-electron chi connectivity index (χ1n) is 6.32. The van der Waals surface area contributed by atoms with E-state index in [1.54, 1.807) is 7.11 Å². The van der Waals surface area contributed by atoms with Crippen LogP contribution in [-0.2, 0) is 20.9 Å². The van der Waals surface area contributed by atoms with Gasteiger partial charge in [-0.3, -0.25) is 4.79 Å². The fourth-order valence-electron chi connectivity index (χ4n) is 2.13. The van der Waals surface area contributed by atoms with Crippen LogP contribution in [0.1, 0.15) is 37.3 Å². The summed E-state index contributed by atoms with van der Waals surface area (Å²) in [7, 11) is 3.05.